The van der Waals surface area contributed by atoms with Crippen molar-refractivity contribution in [2.24, 2.45) is 0 Å². The largest absolute Gasteiger partial charge is 0.357 e. The zero-order chi connectivity index (χ0) is 15.5. The third-order valence-corrected chi connectivity index (χ3v) is 4.62. The van der Waals surface area contributed by atoms with E-state index >= 15 is 0 Å². The number of carbonyl (C=O) groups excluding carboxylic acids is 1. The molecule has 1 heterocycles. The molecule has 2 N–H and O–H groups in total. The van der Waals surface area contributed by atoms with E-state index in [9.17, 15) is 13.2 Å². The number of anilines is 1. The highest BCUT2D eigenvalue weighted by Gasteiger charge is 2.28. The van der Waals surface area contributed by atoms with Gasteiger partial charge in [0.15, 0.2) is 9.84 Å². The molecule has 0 aromatic heterocycles. The molecule has 1 unspecified atom stereocenters. The number of hydrogen-bond acceptors (Lipinski definition) is 5. The number of piperazine rings is 1. The first-order valence-electron chi connectivity index (χ1n) is 6.98. The number of nitrogens with one attached hydrogen (secondary N) is 2. The van der Waals surface area contributed by atoms with Crippen LogP contribution in [0.15, 0.2) is 29.2 Å². The lowest BCUT2D eigenvalue weighted by Gasteiger charge is -2.37. The lowest BCUT2D eigenvalue weighted by atomic mass is 10.1. The Morgan fingerprint density at radius 2 is 2.05 bits per heavy atom. The molecule has 1 aromatic carbocycles. The number of carbonyl (C=O) groups is 1. The van der Waals surface area contributed by atoms with Gasteiger partial charge in [-0.1, -0.05) is 0 Å². The van der Waals surface area contributed by atoms with E-state index in [2.05, 4.69) is 10.6 Å². The summed E-state index contributed by atoms with van der Waals surface area (Å²) in [4.78, 5) is 14.4. The summed E-state index contributed by atoms with van der Waals surface area (Å²) in [5.74, 6) is -0.0168. The summed E-state index contributed by atoms with van der Waals surface area (Å²) < 4.78 is 23.0. The molecule has 6 nitrogen and oxygen atoms in total. The Hall–Kier alpha value is -1.60. The Morgan fingerprint density at radius 1 is 1.38 bits per heavy atom. The van der Waals surface area contributed by atoms with E-state index in [-0.39, 0.29) is 16.8 Å². The highest BCUT2D eigenvalue weighted by Crippen LogP contribution is 2.21. The third-order valence-electron chi connectivity index (χ3n) is 3.49. The normalized spacial score (nSPS) is 19.3. The summed E-state index contributed by atoms with van der Waals surface area (Å²) in [5, 5.41) is 6.05. The maximum absolute atomic E-state index is 12.1. The summed E-state index contributed by atoms with van der Waals surface area (Å²) in [6.07, 6.45) is 1.18. The summed E-state index contributed by atoms with van der Waals surface area (Å²) in [6, 6.07) is 6.41. The van der Waals surface area contributed by atoms with Gasteiger partial charge in [-0.15, -0.1) is 0 Å². The topological polar surface area (TPSA) is 78.5 Å². The molecule has 0 radical (unpaired) electrons. The summed E-state index contributed by atoms with van der Waals surface area (Å²) in [7, 11) is -3.20. The number of amides is 1. The van der Waals surface area contributed by atoms with Crippen LogP contribution in [-0.4, -0.2) is 52.8 Å². The van der Waals surface area contributed by atoms with Crippen LogP contribution in [0, 0.1) is 0 Å². The molecule has 1 aliphatic rings. The summed E-state index contributed by atoms with van der Waals surface area (Å²) in [5.41, 5.74) is 0.861. The van der Waals surface area contributed by atoms with Crippen LogP contribution in [0.1, 0.15) is 6.92 Å². The van der Waals surface area contributed by atoms with Crippen molar-refractivity contribution in [1.29, 1.82) is 0 Å². The first-order chi connectivity index (χ1) is 9.93. The predicted octanol–water partition coefficient (Wildman–Crippen LogP) is 0.00440. The number of nitrogens with zero attached hydrogens (tertiary/aromatic N) is 1. The first-order valence-corrected chi connectivity index (χ1v) is 8.88. The molecular weight excluding hydrogens is 290 g/mol. The molecule has 1 atom stereocenters. The molecule has 1 amide bonds. The van der Waals surface area contributed by atoms with Gasteiger partial charge in [0.2, 0.25) is 5.91 Å². The van der Waals surface area contributed by atoms with Gasteiger partial charge in [-0.3, -0.25) is 4.79 Å². The lowest BCUT2D eigenvalue weighted by Crippen LogP contribution is -2.58. The smallest absolute Gasteiger partial charge is 0.244 e. The van der Waals surface area contributed by atoms with Gasteiger partial charge in [0.25, 0.3) is 0 Å². The Kier molecular flexibility index (Phi) is 4.84. The first kappa shape index (κ1) is 15.8. The standard InChI is InChI=1S/C14H21N3O3S/c1-3-16-14(18)13-10-15-8-9-17(13)11-4-6-12(7-5-11)21(2,19)20/h4-7,13,15H,3,8-10H2,1-2H3,(H,16,18). The summed E-state index contributed by atoms with van der Waals surface area (Å²) in [6.45, 7) is 4.57. The van der Waals surface area contributed by atoms with Crippen molar-refractivity contribution < 1.29 is 13.2 Å². The zero-order valence-corrected chi connectivity index (χ0v) is 13.1. The molecule has 7 heteroatoms. The van der Waals surface area contributed by atoms with Gasteiger partial charge < -0.3 is 15.5 Å². The number of likely N-dealkylation sites (N-methyl/N-ethyl adjacent to an activating group) is 1. The molecule has 116 valence electrons. The maximum atomic E-state index is 12.1. The van der Waals surface area contributed by atoms with Crippen molar-refractivity contribution in [3.8, 4) is 0 Å². The fraction of sp³-hybridized carbons (Fsp3) is 0.500. The van der Waals surface area contributed by atoms with Crippen LogP contribution in [-0.2, 0) is 14.6 Å². The lowest BCUT2D eigenvalue weighted by molar-refractivity contribution is -0.122. The monoisotopic (exact) mass is 311 g/mol. The fourth-order valence-electron chi connectivity index (χ4n) is 2.42. The molecule has 0 spiro atoms. The van der Waals surface area contributed by atoms with Crippen molar-refractivity contribution in [2.75, 3.05) is 37.3 Å². The third kappa shape index (κ3) is 3.74. The Labute approximate surface area is 125 Å². The van der Waals surface area contributed by atoms with E-state index in [0.29, 0.717) is 19.6 Å². The number of benzene rings is 1. The van der Waals surface area contributed by atoms with E-state index in [0.717, 1.165) is 12.2 Å². The molecular formula is C14H21N3O3S. The van der Waals surface area contributed by atoms with Gasteiger partial charge in [0, 0.05) is 38.1 Å². The molecule has 0 saturated carbocycles. The zero-order valence-electron chi connectivity index (χ0n) is 12.3. The van der Waals surface area contributed by atoms with Gasteiger partial charge in [-0.25, -0.2) is 8.42 Å². The average molecular weight is 311 g/mol. The van der Waals surface area contributed by atoms with Gasteiger partial charge in [0.1, 0.15) is 6.04 Å². The van der Waals surface area contributed by atoms with Crippen LogP contribution < -0.4 is 15.5 Å². The molecule has 1 fully saturated rings. The van der Waals surface area contributed by atoms with E-state index in [1.165, 1.54) is 6.26 Å². The van der Waals surface area contributed by atoms with Crippen molar-refractivity contribution in [3.05, 3.63) is 24.3 Å². The van der Waals surface area contributed by atoms with Crippen molar-refractivity contribution in [2.45, 2.75) is 17.9 Å². The van der Waals surface area contributed by atoms with E-state index < -0.39 is 9.84 Å². The Bertz CT molecular complexity index is 598. The molecule has 1 saturated heterocycles. The second-order valence-corrected chi connectivity index (χ2v) is 7.09. The van der Waals surface area contributed by atoms with Gasteiger partial charge in [-0.05, 0) is 31.2 Å². The Morgan fingerprint density at radius 3 is 2.62 bits per heavy atom. The van der Waals surface area contributed by atoms with Crippen LogP contribution in [0.4, 0.5) is 5.69 Å². The highest BCUT2D eigenvalue weighted by molar-refractivity contribution is 7.90. The number of rotatable bonds is 4. The molecule has 1 aromatic rings. The van der Waals surface area contributed by atoms with Gasteiger partial charge in [0.05, 0.1) is 4.90 Å². The second kappa shape index (κ2) is 6.44. The average Bonchev–Trinajstić information content (AvgIpc) is 2.47. The second-order valence-electron chi connectivity index (χ2n) is 5.07. The maximum Gasteiger partial charge on any atom is 0.244 e. The van der Waals surface area contributed by atoms with Crippen LogP contribution in [0.25, 0.3) is 0 Å². The van der Waals surface area contributed by atoms with E-state index in [1.54, 1.807) is 24.3 Å². The van der Waals surface area contributed by atoms with Crippen molar-refractivity contribution in [1.82, 2.24) is 10.6 Å². The summed E-state index contributed by atoms with van der Waals surface area (Å²) >= 11 is 0. The molecule has 0 bridgehead atoms. The van der Waals surface area contributed by atoms with E-state index in [1.807, 2.05) is 11.8 Å². The van der Waals surface area contributed by atoms with Gasteiger partial charge in [-0.2, -0.15) is 0 Å². The minimum atomic E-state index is -3.20. The molecule has 21 heavy (non-hydrogen) atoms. The van der Waals surface area contributed by atoms with Crippen LogP contribution in [0.2, 0.25) is 0 Å². The predicted molar refractivity (Wildman–Crippen MR) is 82.2 cm³/mol. The number of hydrogen-bond donors (Lipinski definition) is 2. The van der Waals surface area contributed by atoms with Gasteiger partial charge >= 0.3 is 0 Å². The van der Waals surface area contributed by atoms with E-state index in [4.69, 9.17) is 0 Å². The molecule has 2 rings (SSSR count). The highest BCUT2D eigenvalue weighted by atomic mass is 32.2. The quantitative estimate of drug-likeness (QED) is 0.819. The SMILES string of the molecule is CCNC(=O)C1CNCCN1c1ccc(S(C)(=O)=O)cc1. The fourth-order valence-corrected chi connectivity index (χ4v) is 3.05. The number of sulfone groups is 1. The van der Waals surface area contributed by atoms with Crippen LogP contribution >= 0.6 is 0 Å². The minimum Gasteiger partial charge on any atom is -0.357 e. The molecule has 1 aliphatic heterocycles. The minimum absolute atomic E-state index is 0.0168. The van der Waals surface area contributed by atoms with Crippen molar-refractivity contribution >= 4 is 21.4 Å². The Balaban J connectivity index is 2.23. The van der Waals surface area contributed by atoms with Crippen LogP contribution in [0.5, 0.6) is 0 Å². The van der Waals surface area contributed by atoms with Crippen LogP contribution in [0.3, 0.4) is 0 Å². The van der Waals surface area contributed by atoms with Crippen molar-refractivity contribution in [3.63, 3.8) is 0 Å². The molecule has 0 aliphatic carbocycles.